The van der Waals surface area contributed by atoms with Gasteiger partial charge in [0, 0.05) is 23.5 Å². The molecule has 0 aliphatic rings. The molecule has 0 spiro atoms. The largest absolute Gasteiger partial charge is 0.497 e. The van der Waals surface area contributed by atoms with Gasteiger partial charge in [-0.3, -0.25) is 4.98 Å². The van der Waals surface area contributed by atoms with E-state index >= 15 is 0 Å². The Morgan fingerprint density at radius 3 is 2.57 bits per heavy atom. The van der Waals surface area contributed by atoms with Crippen molar-refractivity contribution in [3.63, 3.8) is 0 Å². The molecule has 4 rings (SSSR count). The van der Waals surface area contributed by atoms with Crippen LogP contribution in [0, 0.1) is 0 Å². The van der Waals surface area contributed by atoms with Crippen molar-refractivity contribution in [3.8, 4) is 17.1 Å². The Morgan fingerprint density at radius 2 is 1.86 bits per heavy atom. The van der Waals surface area contributed by atoms with Gasteiger partial charge in [-0.05, 0) is 60.5 Å². The first-order valence-electron chi connectivity index (χ1n) is 9.44. The van der Waals surface area contributed by atoms with Gasteiger partial charge in [0.05, 0.1) is 18.6 Å². The van der Waals surface area contributed by atoms with Crippen LogP contribution in [-0.4, -0.2) is 12.1 Å². The standard InChI is InChI=1S/C24H22N2O2/c1-3-17-6-11-23-21(13-17)22(26-16-18-5-4-12-25-15-18)14-24(28-23)19-7-9-20(27-2)10-8-19/h4-15H,3,16H2,1-2H3/p+1. The van der Waals surface area contributed by atoms with Crippen molar-refractivity contribution in [1.29, 1.82) is 0 Å². The number of fused-ring (bicyclic) bond motifs is 1. The number of methoxy groups -OCH3 is 1. The minimum atomic E-state index is 0.700. The summed E-state index contributed by atoms with van der Waals surface area (Å²) in [6, 6.07) is 20.4. The maximum Gasteiger partial charge on any atom is 0.213 e. The molecular formula is C24H23N2O2+. The normalized spacial score (nSPS) is 11.7. The molecule has 2 heterocycles. The molecular weight excluding hydrogens is 348 g/mol. The Hall–Kier alpha value is -3.40. The van der Waals surface area contributed by atoms with Crippen molar-refractivity contribution >= 4 is 11.0 Å². The van der Waals surface area contributed by atoms with Crippen LogP contribution in [0.25, 0.3) is 22.3 Å². The maximum atomic E-state index is 6.22. The Morgan fingerprint density at radius 1 is 1.00 bits per heavy atom. The molecule has 0 bridgehead atoms. The number of aryl methyl sites for hydroxylation is 1. The zero-order valence-electron chi connectivity index (χ0n) is 16.1. The van der Waals surface area contributed by atoms with Gasteiger partial charge < -0.3 is 9.15 Å². The van der Waals surface area contributed by atoms with E-state index in [0.717, 1.165) is 45.4 Å². The summed E-state index contributed by atoms with van der Waals surface area (Å²) in [6.45, 7) is 2.86. The molecule has 0 fully saturated rings. The minimum absolute atomic E-state index is 0.700. The lowest BCUT2D eigenvalue weighted by atomic mass is 10.1. The number of hydrogen-bond acceptors (Lipinski definition) is 3. The summed E-state index contributed by atoms with van der Waals surface area (Å²) in [5, 5.41) is 2.13. The van der Waals surface area contributed by atoms with Crippen molar-refractivity contribution < 1.29 is 14.1 Å². The fraction of sp³-hybridized carbons (Fsp3) is 0.167. The Bertz CT molecular complexity index is 1150. The van der Waals surface area contributed by atoms with Crippen LogP contribution in [0.15, 0.2) is 77.5 Å². The number of ether oxygens (including phenoxy) is 1. The van der Waals surface area contributed by atoms with Gasteiger partial charge in [-0.25, -0.2) is 4.99 Å². The lowest BCUT2D eigenvalue weighted by Crippen LogP contribution is -2.75. The first-order chi connectivity index (χ1) is 13.8. The Balaban J connectivity index is 1.85. The lowest BCUT2D eigenvalue weighted by Gasteiger charge is -2.06. The molecule has 4 heteroatoms. The summed E-state index contributed by atoms with van der Waals surface area (Å²) in [6.07, 6.45) is 4.65. The molecule has 140 valence electrons. The van der Waals surface area contributed by atoms with Crippen LogP contribution in [0.2, 0.25) is 0 Å². The van der Waals surface area contributed by atoms with Crippen molar-refractivity contribution in [2.75, 3.05) is 7.11 Å². The predicted molar refractivity (Wildman–Crippen MR) is 110 cm³/mol. The minimum Gasteiger partial charge on any atom is -0.497 e. The SMILES string of the molecule is CCc1ccc2oc(-c3ccc(OC)cc3)cc(=[NH+]Cc3cccnc3)c2c1. The van der Waals surface area contributed by atoms with E-state index < -0.39 is 0 Å². The number of pyridine rings is 1. The summed E-state index contributed by atoms with van der Waals surface area (Å²) in [5.41, 5.74) is 4.28. The second kappa shape index (κ2) is 8.09. The van der Waals surface area contributed by atoms with Gasteiger partial charge in [0.15, 0.2) is 6.54 Å². The second-order valence-electron chi connectivity index (χ2n) is 6.65. The fourth-order valence-electron chi connectivity index (χ4n) is 3.20. The van der Waals surface area contributed by atoms with Gasteiger partial charge in [-0.1, -0.05) is 13.0 Å². The van der Waals surface area contributed by atoms with E-state index in [2.05, 4.69) is 47.2 Å². The monoisotopic (exact) mass is 371 g/mol. The Labute approximate surface area is 164 Å². The molecule has 0 aliphatic heterocycles. The van der Waals surface area contributed by atoms with Crippen LogP contribution >= 0.6 is 0 Å². The highest BCUT2D eigenvalue weighted by atomic mass is 16.5. The number of nitrogens with zero attached hydrogens (tertiary/aromatic N) is 1. The van der Waals surface area contributed by atoms with Gasteiger partial charge in [-0.15, -0.1) is 0 Å². The van der Waals surface area contributed by atoms with Crippen molar-refractivity contribution in [2.45, 2.75) is 19.9 Å². The van der Waals surface area contributed by atoms with Gasteiger partial charge in [0.1, 0.15) is 17.1 Å². The van der Waals surface area contributed by atoms with Crippen LogP contribution < -0.4 is 15.1 Å². The van der Waals surface area contributed by atoms with E-state index in [9.17, 15) is 0 Å². The highest BCUT2D eigenvalue weighted by molar-refractivity contribution is 5.78. The van der Waals surface area contributed by atoms with Crippen LogP contribution in [0.5, 0.6) is 5.75 Å². The third-order valence-electron chi connectivity index (χ3n) is 4.82. The number of hydrogen-bond donors (Lipinski definition) is 1. The quantitative estimate of drug-likeness (QED) is 0.586. The number of rotatable bonds is 5. The fourth-order valence-corrected chi connectivity index (χ4v) is 3.20. The van der Waals surface area contributed by atoms with E-state index in [1.165, 1.54) is 5.56 Å². The van der Waals surface area contributed by atoms with Crippen molar-refractivity contribution in [2.24, 2.45) is 0 Å². The van der Waals surface area contributed by atoms with Crippen molar-refractivity contribution in [1.82, 2.24) is 4.98 Å². The molecule has 2 aromatic carbocycles. The third kappa shape index (κ3) is 3.81. The molecule has 0 unspecified atom stereocenters. The molecule has 0 amide bonds. The van der Waals surface area contributed by atoms with E-state index in [1.54, 1.807) is 13.3 Å². The Kier molecular flexibility index (Phi) is 5.20. The van der Waals surface area contributed by atoms with Crippen LogP contribution in [-0.2, 0) is 13.0 Å². The molecule has 28 heavy (non-hydrogen) atoms. The summed E-state index contributed by atoms with van der Waals surface area (Å²) < 4.78 is 11.5. The molecule has 0 atom stereocenters. The zero-order chi connectivity index (χ0) is 19.3. The average molecular weight is 371 g/mol. The van der Waals surface area contributed by atoms with E-state index in [1.807, 2.05) is 36.5 Å². The average Bonchev–Trinajstić information content (AvgIpc) is 2.77. The van der Waals surface area contributed by atoms with Crippen LogP contribution in [0.1, 0.15) is 18.1 Å². The predicted octanol–water partition coefficient (Wildman–Crippen LogP) is 3.25. The molecule has 1 N–H and O–H groups in total. The lowest BCUT2D eigenvalue weighted by molar-refractivity contribution is -0.516. The molecule has 4 nitrogen and oxygen atoms in total. The molecule has 0 aliphatic carbocycles. The van der Waals surface area contributed by atoms with Gasteiger partial charge in [-0.2, -0.15) is 0 Å². The first kappa shape index (κ1) is 18.0. The van der Waals surface area contributed by atoms with E-state index in [4.69, 9.17) is 9.15 Å². The van der Waals surface area contributed by atoms with Crippen LogP contribution in [0.4, 0.5) is 0 Å². The highest BCUT2D eigenvalue weighted by Crippen LogP contribution is 2.24. The summed E-state index contributed by atoms with van der Waals surface area (Å²) in [7, 11) is 1.67. The smallest absolute Gasteiger partial charge is 0.213 e. The van der Waals surface area contributed by atoms with Crippen molar-refractivity contribution in [3.05, 3.63) is 89.5 Å². The third-order valence-corrected chi connectivity index (χ3v) is 4.82. The molecule has 0 radical (unpaired) electrons. The molecule has 0 saturated carbocycles. The number of aromatic nitrogens is 1. The topological polar surface area (TPSA) is 49.2 Å². The zero-order valence-corrected chi connectivity index (χ0v) is 16.1. The second-order valence-corrected chi connectivity index (χ2v) is 6.65. The van der Waals surface area contributed by atoms with Gasteiger partial charge >= 0.3 is 0 Å². The van der Waals surface area contributed by atoms with Gasteiger partial charge in [0.25, 0.3) is 0 Å². The summed E-state index contributed by atoms with van der Waals surface area (Å²) >= 11 is 0. The van der Waals surface area contributed by atoms with E-state index in [0.29, 0.717) is 6.54 Å². The number of benzene rings is 2. The maximum absolute atomic E-state index is 6.22. The molecule has 4 aromatic rings. The number of nitrogens with one attached hydrogen (secondary N) is 1. The first-order valence-corrected chi connectivity index (χ1v) is 9.44. The highest BCUT2D eigenvalue weighted by Gasteiger charge is 2.10. The summed E-state index contributed by atoms with van der Waals surface area (Å²) in [5.74, 6) is 1.64. The van der Waals surface area contributed by atoms with Gasteiger partial charge in [0.2, 0.25) is 5.36 Å². The van der Waals surface area contributed by atoms with Crippen LogP contribution in [0.3, 0.4) is 0 Å². The molecule has 2 aromatic heterocycles. The summed E-state index contributed by atoms with van der Waals surface area (Å²) in [4.78, 5) is 7.76. The van der Waals surface area contributed by atoms with E-state index in [-0.39, 0.29) is 0 Å². The molecule has 0 saturated heterocycles.